The number of hydrogen-bond acceptors (Lipinski definition) is 2. The van der Waals surface area contributed by atoms with Crippen LogP contribution in [0.3, 0.4) is 0 Å². The van der Waals surface area contributed by atoms with Crippen LogP contribution in [0.4, 0.5) is 4.39 Å². The summed E-state index contributed by atoms with van der Waals surface area (Å²) in [4.78, 5) is 8.68. The fourth-order valence-corrected chi connectivity index (χ4v) is 2.30. The normalized spacial score (nSPS) is 15.1. The Morgan fingerprint density at radius 3 is 2.76 bits per heavy atom. The predicted octanol–water partition coefficient (Wildman–Crippen LogP) is 2.16. The molecule has 1 saturated heterocycles. The van der Waals surface area contributed by atoms with Gasteiger partial charge in [-0.3, -0.25) is 4.99 Å². The van der Waals surface area contributed by atoms with E-state index in [1.165, 1.54) is 25.6 Å². The Kier molecular flexibility index (Phi) is 7.95. The molecule has 0 radical (unpaired) electrons. The van der Waals surface area contributed by atoms with Crippen LogP contribution in [0.1, 0.15) is 12.0 Å². The van der Waals surface area contributed by atoms with Gasteiger partial charge in [0.05, 0.1) is 0 Å². The first kappa shape index (κ1) is 18.2. The second-order valence-corrected chi connectivity index (χ2v) is 5.16. The van der Waals surface area contributed by atoms with Gasteiger partial charge in [0.1, 0.15) is 5.82 Å². The van der Waals surface area contributed by atoms with Crippen molar-refractivity contribution in [3.05, 3.63) is 35.6 Å². The van der Waals surface area contributed by atoms with E-state index in [1.54, 1.807) is 19.2 Å². The summed E-state index contributed by atoms with van der Waals surface area (Å²) in [6.07, 6.45) is 1.31. The fourth-order valence-electron chi connectivity index (χ4n) is 2.30. The number of nitrogens with one attached hydrogen (secondary N) is 1. The predicted molar refractivity (Wildman–Crippen MR) is 95.7 cm³/mol. The van der Waals surface area contributed by atoms with E-state index >= 15 is 0 Å². The van der Waals surface area contributed by atoms with Crippen molar-refractivity contribution in [3.63, 3.8) is 0 Å². The third kappa shape index (κ3) is 5.78. The molecule has 6 heteroatoms. The number of benzene rings is 1. The average Bonchev–Trinajstić information content (AvgIpc) is 2.36. The first-order valence-corrected chi connectivity index (χ1v) is 7.07. The minimum absolute atomic E-state index is 0. The van der Waals surface area contributed by atoms with Crippen LogP contribution in [0.25, 0.3) is 0 Å². The number of guanidine groups is 1. The summed E-state index contributed by atoms with van der Waals surface area (Å²) in [5.41, 5.74) is 0.943. The van der Waals surface area contributed by atoms with Gasteiger partial charge in [-0.15, -0.1) is 24.0 Å². The lowest BCUT2D eigenvalue weighted by atomic mass is 10.2. The van der Waals surface area contributed by atoms with E-state index in [0.717, 1.165) is 24.6 Å². The molecule has 1 aromatic rings. The van der Waals surface area contributed by atoms with E-state index in [9.17, 15) is 4.39 Å². The Balaban J connectivity index is 0.00000220. The van der Waals surface area contributed by atoms with Gasteiger partial charge in [-0.05, 0) is 37.2 Å². The SMILES string of the molecule is CN=C(NCCN1CCC1)N(C)Cc1cccc(F)c1.I. The average molecular weight is 406 g/mol. The van der Waals surface area contributed by atoms with Crippen LogP contribution >= 0.6 is 24.0 Å². The molecule has 0 unspecified atom stereocenters. The van der Waals surface area contributed by atoms with Crippen molar-refractivity contribution < 1.29 is 4.39 Å². The molecular weight excluding hydrogens is 382 g/mol. The summed E-state index contributed by atoms with van der Waals surface area (Å²) in [5.74, 6) is 0.645. The number of hydrogen-bond donors (Lipinski definition) is 1. The van der Waals surface area contributed by atoms with Crippen LogP contribution in [0.15, 0.2) is 29.3 Å². The quantitative estimate of drug-likeness (QED) is 0.462. The highest BCUT2D eigenvalue weighted by molar-refractivity contribution is 14.0. The van der Waals surface area contributed by atoms with Gasteiger partial charge in [-0.2, -0.15) is 0 Å². The van der Waals surface area contributed by atoms with Gasteiger partial charge in [-0.1, -0.05) is 12.1 Å². The summed E-state index contributed by atoms with van der Waals surface area (Å²) in [6.45, 7) is 4.99. The molecule has 2 rings (SSSR count). The zero-order valence-electron chi connectivity index (χ0n) is 12.7. The molecule has 4 nitrogen and oxygen atoms in total. The van der Waals surface area contributed by atoms with Crippen molar-refractivity contribution >= 4 is 29.9 Å². The molecule has 0 saturated carbocycles. The Bertz CT molecular complexity index is 463. The van der Waals surface area contributed by atoms with Crippen LogP contribution in [0.2, 0.25) is 0 Å². The molecule has 1 N–H and O–H groups in total. The van der Waals surface area contributed by atoms with E-state index in [-0.39, 0.29) is 29.8 Å². The molecule has 1 heterocycles. The molecule has 0 atom stereocenters. The number of halogens is 2. The van der Waals surface area contributed by atoms with Crippen molar-refractivity contribution in [2.45, 2.75) is 13.0 Å². The molecule has 0 aliphatic carbocycles. The Hall–Kier alpha value is -0.890. The molecular formula is C15H24FIN4. The molecule has 1 aliphatic rings. The summed E-state index contributed by atoms with van der Waals surface area (Å²) < 4.78 is 13.2. The lowest BCUT2D eigenvalue weighted by molar-refractivity contribution is 0.184. The fraction of sp³-hybridized carbons (Fsp3) is 0.533. The van der Waals surface area contributed by atoms with Gasteiger partial charge < -0.3 is 15.1 Å². The highest BCUT2D eigenvalue weighted by Gasteiger charge is 2.13. The van der Waals surface area contributed by atoms with Gasteiger partial charge in [0.2, 0.25) is 0 Å². The lowest BCUT2D eigenvalue weighted by Gasteiger charge is -2.31. The number of rotatable bonds is 5. The van der Waals surface area contributed by atoms with Crippen molar-refractivity contribution in [3.8, 4) is 0 Å². The van der Waals surface area contributed by atoms with Gasteiger partial charge >= 0.3 is 0 Å². The molecule has 1 aliphatic heterocycles. The summed E-state index contributed by atoms with van der Waals surface area (Å²) in [6, 6.07) is 6.68. The summed E-state index contributed by atoms with van der Waals surface area (Å²) in [7, 11) is 3.73. The smallest absolute Gasteiger partial charge is 0.193 e. The largest absolute Gasteiger partial charge is 0.355 e. The van der Waals surface area contributed by atoms with Gasteiger partial charge in [0.15, 0.2) is 5.96 Å². The Morgan fingerprint density at radius 2 is 2.19 bits per heavy atom. The maximum absolute atomic E-state index is 13.2. The molecule has 21 heavy (non-hydrogen) atoms. The number of nitrogens with zero attached hydrogens (tertiary/aromatic N) is 3. The monoisotopic (exact) mass is 406 g/mol. The van der Waals surface area contributed by atoms with E-state index in [1.807, 2.05) is 18.0 Å². The second kappa shape index (κ2) is 9.19. The molecule has 0 aromatic heterocycles. The number of likely N-dealkylation sites (tertiary alicyclic amines) is 1. The van der Waals surface area contributed by atoms with Gasteiger partial charge in [0.25, 0.3) is 0 Å². The minimum atomic E-state index is -0.198. The molecule has 1 fully saturated rings. The van der Waals surface area contributed by atoms with Crippen molar-refractivity contribution in [1.82, 2.24) is 15.1 Å². The van der Waals surface area contributed by atoms with E-state index in [4.69, 9.17) is 0 Å². The zero-order chi connectivity index (χ0) is 14.4. The summed E-state index contributed by atoms with van der Waals surface area (Å²) >= 11 is 0. The zero-order valence-corrected chi connectivity index (χ0v) is 15.0. The maximum atomic E-state index is 13.2. The molecule has 0 spiro atoms. The van der Waals surface area contributed by atoms with Crippen LogP contribution in [0.5, 0.6) is 0 Å². The third-order valence-corrected chi connectivity index (χ3v) is 3.54. The standard InChI is InChI=1S/C15H23FN4.HI/c1-17-15(18-7-10-20-8-4-9-20)19(2)12-13-5-3-6-14(16)11-13;/h3,5-6,11H,4,7-10,12H2,1-2H3,(H,17,18);1H. The number of aliphatic imine (C=N–C) groups is 1. The van der Waals surface area contributed by atoms with Gasteiger partial charge in [-0.25, -0.2) is 4.39 Å². The van der Waals surface area contributed by atoms with E-state index in [0.29, 0.717) is 6.54 Å². The van der Waals surface area contributed by atoms with Gasteiger partial charge in [0, 0.05) is 33.7 Å². The molecule has 0 bridgehead atoms. The molecule has 0 amide bonds. The minimum Gasteiger partial charge on any atom is -0.355 e. The van der Waals surface area contributed by atoms with Crippen molar-refractivity contribution in [2.75, 3.05) is 40.3 Å². The lowest BCUT2D eigenvalue weighted by Crippen LogP contribution is -2.45. The van der Waals surface area contributed by atoms with Crippen molar-refractivity contribution in [1.29, 1.82) is 0 Å². The molecule has 118 valence electrons. The first-order chi connectivity index (χ1) is 9.69. The van der Waals surface area contributed by atoms with Crippen LogP contribution in [-0.4, -0.2) is 56.0 Å². The topological polar surface area (TPSA) is 30.9 Å². The van der Waals surface area contributed by atoms with E-state index < -0.39 is 0 Å². The second-order valence-electron chi connectivity index (χ2n) is 5.16. The van der Waals surface area contributed by atoms with Crippen LogP contribution < -0.4 is 5.32 Å². The van der Waals surface area contributed by atoms with Crippen molar-refractivity contribution in [2.24, 2.45) is 4.99 Å². The highest BCUT2D eigenvalue weighted by Crippen LogP contribution is 2.06. The summed E-state index contributed by atoms with van der Waals surface area (Å²) in [5, 5.41) is 3.34. The molecule has 1 aromatic carbocycles. The first-order valence-electron chi connectivity index (χ1n) is 7.07. The Morgan fingerprint density at radius 1 is 1.43 bits per heavy atom. The van der Waals surface area contributed by atoms with Crippen LogP contribution in [-0.2, 0) is 6.54 Å². The highest BCUT2D eigenvalue weighted by atomic mass is 127. The van der Waals surface area contributed by atoms with E-state index in [2.05, 4.69) is 15.2 Å². The maximum Gasteiger partial charge on any atom is 0.193 e. The third-order valence-electron chi connectivity index (χ3n) is 3.54. The van der Waals surface area contributed by atoms with Crippen LogP contribution in [0, 0.1) is 5.82 Å². The Labute approximate surface area is 143 Å².